The van der Waals surface area contributed by atoms with Crippen molar-refractivity contribution in [2.24, 2.45) is 0 Å². The predicted molar refractivity (Wildman–Crippen MR) is 139 cm³/mol. The van der Waals surface area contributed by atoms with Crippen molar-refractivity contribution < 1.29 is 9.18 Å². The zero-order chi connectivity index (χ0) is 25.1. The summed E-state index contributed by atoms with van der Waals surface area (Å²) >= 11 is 0. The lowest BCUT2D eigenvalue weighted by Crippen LogP contribution is -2.36. The largest absolute Gasteiger partial charge is 0.352 e. The number of aromatic nitrogens is 3. The monoisotopic (exact) mass is 482 g/mol. The lowest BCUT2D eigenvalue weighted by atomic mass is 10.1. The van der Waals surface area contributed by atoms with E-state index in [1.54, 1.807) is 10.6 Å². The van der Waals surface area contributed by atoms with Gasteiger partial charge < -0.3 is 9.88 Å². The summed E-state index contributed by atoms with van der Waals surface area (Å²) in [6, 6.07) is 24.0. The van der Waals surface area contributed by atoms with Crippen LogP contribution in [0.25, 0.3) is 21.9 Å². The molecule has 0 aliphatic heterocycles. The van der Waals surface area contributed by atoms with Crippen LogP contribution in [0.15, 0.2) is 90.0 Å². The molecule has 2 heterocycles. The Morgan fingerprint density at radius 3 is 2.42 bits per heavy atom. The van der Waals surface area contributed by atoms with Gasteiger partial charge in [0.25, 0.3) is 5.56 Å². The van der Waals surface area contributed by atoms with Gasteiger partial charge in [-0.05, 0) is 49.1 Å². The van der Waals surface area contributed by atoms with Crippen LogP contribution in [-0.2, 0) is 24.3 Å². The number of amides is 1. The van der Waals surface area contributed by atoms with Crippen molar-refractivity contribution in [2.45, 2.75) is 38.9 Å². The van der Waals surface area contributed by atoms with Crippen LogP contribution < -0.4 is 10.9 Å². The topological polar surface area (TPSA) is 68.9 Å². The van der Waals surface area contributed by atoms with E-state index in [-0.39, 0.29) is 24.1 Å². The van der Waals surface area contributed by atoms with Crippen LogP contribution in [0.3, 0.4) is 0 Å². The molecule has 36 heavy (non-hydrogen) atoms. The standard InChI is InChI=1S/C29H27FN4O2/c1-20(12-13-21-8-4-2-5-9-21)32-26(35)18-34-25-15-14-23(30)16-24(25)27-28(34)29(36)33(19-31-27)17-22-10-6-3-7-11-22/h2-11,14-16,19-20H,12-13,17-18H2,1H3,(H,32,35). The van der Waals surface area contributed by atoms with Gasteiger partial charge in [-0.3, -0.25) is 14.2 Å². The van der Waals surface area contributed by atoms with Crippen LogP contribution >= 0.6 is 0 Å². The number of fused-ring (bicyclic) bond motifs is 3. The lowest BCUT2D eigenvalue weighted by Gasteiger charge is -2.15. The smallest absolute Gasteiger partial charge is 0.278 e. The molecule has 7 heteroatoms. The highest BCUT2D eigenvalue weighted by molar-refractivity contribution is 6.06. The first-order chi connectivity index (χ1) is 17.5. The molecule has 0 bridgehead atoms. The van der Waals surface area contributed by atoms with Gasteiger partial charge in [-0.2, -0.15) is 0 Å². The van der Waals surface area contributed by atoms with Crippen molar-refractivity contribution in [3.05, 3.63) is 112 Å². The molecule has 1 atom stereocenters. The SMILES string of the molecule is CC(CCc1ccccc1)NC(=O)Cn1c2ccc(F)cc2c2ncn(Cc3ccccc3)c(=O)c21. The fraction of sp³-hybridized carbons (Fsp3) is 0.207. The van der Waals surface area contributed by atoms with E-state index in [0.29, 0.717) is 28.5 Å². The van der Waals surface area contributed by atoms with Crippen molar-refractivity contribution in [3.63, 3.8) is 0 Å². The molecule has 0 fully saturated rings. The summed E-state index contributed by atoms with van der Waals surface area (Å²) in [5.74, 6) is -0.632. The fourth-order valence-electron chi connectivity index (χ4n) is 4.59. The molecule has 1 N–H and O–H groups in total. The molecule has 6 nitrogen and oxygen atoms in total. The highest BCUT2D eigenvalue weighted by Gasteiger charge is 2.19. The molecule has 2 aromatic heterocycles. The average molecular weight is 483 g/mol. The number of nitrogens with one attached hydrogen (secondary N) is 1. The number of hydrogen-bond acceptors (Lipinski definition) is 3. The Bertz CT molecular complexity index is 1580. The Morgan fingerprint density at radius 1 is 1.00 bits per heavy atom. The van der Waals surface area contributed by atoms with Crippen molar-refractivity contribution in [3.8, 4) is 0 Å². The van der Waals surface area contributed by atoms with E-state index in [1.807, 2.05) is 55.5 Å². The van der Waals surface area contributed by atoms with Crippen molar-refractivity contribution >= 4 is 27.8 Å². The Morgan fingerprint density at radius 2 is 1.69 bits per heavy atom. The van der Waals surface area contributed by atoms with Gasteiger partial charge in [0.05, 0.1) is 18.4 Å². The number of nitrogens with zero attached hydrogens (tertiary/aromatic N) is 3. The van der Waals surface area contributed by atoms with Crippen molar-refractivity contribution in [2.75, 3.05) is 0 Å². The summed E-state index contributed by atoms with van der Waals surface area (Å²) < 4.78 is 17.3. The van der Waals surface area contributed by atoms with Gasteiger partial charge in [-0.1, -0.05) is 60.7 Å². The first kappa shape index (κ1) is 23.5. The summed E-state index contributed by atoms with van der Waals surface area (Å²) in [5, 5.41) is 3.55. The lowest BCUT2D eigenvalue weighted by molar-refractivity contribution is -0.122. The van der Waals surface area contributed by atoms with Gasteiger partial charge in [-0.25, -0.2) is 9.37 Å². The quantitative estimate of drug-likeness (QED) is 0.349. The molecule has 0 saturated carbocycles. The van der Waals surface area contributed by atoms with E-state index in [2.05, 4.69) is 22.4 Å². The highest BCUT2D eigenvalue weighted by atomic mass is 19.1. The first-order valence-electron chi connectivity index (χ1n) is 12.0. The zero-order valence-electron chi connectivity index (χ0n) is 20.0. The maximum absolute atomic E-state index is 14.1. The summed E-state index contributed by atoms with van der Waals surface area (Å²) in [6.45, 7) is 2.26. The first-order valence-corrected chi connectivity index (χ1v) is 12.0. The molecule has 3 aromatic carbocycles. The van der Waals surface area contributed by atoms with E-state index >= 15 is 0 Å². The van der Waals surface area contributed by atoms with E-state index in [9.17, 15) is 14.0 Å². The van der Waals surface area contributed by atoms with E-state index < -0.39 is 5.82 Å². The molecule has 0 aliphatic carbocycles. The van der Waals surface area contributed by atoms with E-state index in [0.717, 1.165) is 18.4 Å². The molecule has 1 amide bonds. The maximum Gasteiger partial charge on any atom is 0.278 e. The summed E-state index contributed by atoms with van der Waals surface area (Å²) in [4.78, 5) is 31.1. The van der Waals surface area contributed by atoms with Crippen molar-refractivity contribution in [1.82, 2.24) is 19.4 Å². The van der Waals surface area contributed by atoms with Crippen LogP contribution in [0.4, 0.5) is 4.39 Å². The van der Waals surface area contributed by atoms with Crippen molar-refractivity contribution in [1.29, 1.82) is 0 Å². The fourth-order valence-corrected chi connectivity index (χ4v) is 4.59. The van der Waals surface area contributed by atoms with Gasteiger partial charge >= 0.3 is 0 Å². The van der Waals surface area contributed by atoms with Crippen LogP contribution in [-0.4, -0.2) is 26.1 Å². The minimum Gasteiger partial charge on any atom is -0.352 e. The third kappa shape index (κ3) is 4.91. The number of hydrogen-bond donors (Lipinski definition) is 1. The Kier molecular flexibility index (Phi) is 6.62. The molecule has 0 saturated heterocycles. The van der Waals surface area contributed by atoms with Gasteiger partial charge in [0.2, 0.25) is 5.91 Å². The van der Waals surface area contributed by atoms with Gasteiger partial charge in [0.15, 0.2) is 0 Å². The molecule has 5 rings (SSSR count). The zero-order valence-corrected chi connectivity index (χ0v) is 20.0. The molecule has 5 aromatic rings. The predicted octanol–water partition coefficient (Wildman–Crippen LogP) is 4.68. The third-order valence-electron chi connectivity index (χ3n) is 6.40. The van der Waals surface area contributed by atoms with Crippen LogP contribution in [0.2, 0.25) is 0 Å². The molecule has 1 unspecified atom stereocenters. The Labute approximate surface area is 208 Å². The average Bonchev–Trinajstić information content (AvgIpc) is 3.18. The number of carbonyl (C=O) groups is 1. The van der Waals surface area contributed by atoms with Gasteiger partial charge in [0, 0.05) is 11.4 Å². The molecular formula is C29H27FN4O2. The molecule has 0 spiro atoms. The highest BCUT2D eigenvalue weighted by Crippen LogP contribution is 2.26. The Hall–Kier alpha value is -4.26. The third-order valence-corrected chi connectivity index (χ3v) is 6.40. The van der Waals surface area contributed by atoms with Crippen LogP contribution in [0.5, 0.6) is 0 Å². The summed E-state index contributed by atoms with van der Waals surface area (Å²) in [7, 11) is 0. The number of aryl methyl sites for hydroxylation is 1. The van der Waals surface area contributed by atoms with E-state index in [1.165, 1.54) is 28.6 Å². The Balaban J connectivity index is 1.44. The minimum atomic E-state index is -0.421. The maximum atomic E-state index is 14.1. The second-order valence-electron chi connectivity index (χ2n) is 9.10. The normalized spacial score (nSPS) is 12.2. The number of carbonyl (C=O) groups excluding carboxylic acids is 1. The number of rotatable bonds is 8. The van der Waals surface area contributed by atoms with Gasteiger partial charge in [0.1, 0.15) is 23.4 Å². The minimum absolute atomic E-state index is 0.0453. The summed E-state index contributed by atoms with van der Waals surface area (Å²) in [6.07, 6.45) is 3.13. The van der Waals surface area contributed by atoms with Crippen LogP contribution in [0.1, 0.15) is 24.5 Å². The second kappa shape index (κ2) is 10.2. The van der Waals surface area contributed by atoms with Gasteiger partial charge in [-0.15, -0.1) is 0 Å². The molecular weight excluding hydrogens is 455 g/mol. The molecule has 0 radical (unpaired) electrons. The number of halogens is 1. The second-order valence-corrected chi connectivity index (χ2v) is 9.10. The molecule has 182 valence electrons. The molecule has 0 aliphatic rings. The summed E-state index contributed by atoms with van der Waals surface area (Å²) in [5.41, 5.74) is 3.18. The van der Waals surface area contributed by atoms with E-state index in [4.69, 9.17) is 0 Å². The number of benzene rings is 3. The van der Waals surface area contributed by atoms with Crippen LogP contribution in [0, 0.1) is 5.82 Å².